The third-order valence-corrected chi connectivity index (χ3v) is 3.64. The molecule has 0 aromatic heterocycles. The van der Waals surface area contributed by atoms with Crippen LogP contribution >= 0.6 is 0 Å². The first-order valence-corrected chi connectivity index (χ1v) is 6.49. The first-order chi connectivity index (χ1) is 8.42. The molecule has 2 heteroatoms. The van der Waals surface area contributed by atoms with Crippen molar-refractivity contribution >= 4 is 0 Å². The van der Waals surface area contributed by atoms with E-state index in [0.717, 1.165) is 19.3 Å². The highest BCUT2D eigenvalue weighted by atomic mass is 16.5. The van der Waals surface area contributed by atoms with Crippen molar-refractivity contribution in [1.29, 1.82) is 0 Å². The Morgan fingerprint density at radius 1 is 1.06 bits per heavy atom. The summed E-state index contributed by atoms with van der Waals surface area (Å²) in [6.07, 6.45) is 6.13. The summed E-state index contributed by atoms with van der Waals surface area (Å²) in [5, 5.41) is 0. The third-order valence-electron chi connectivity index (χ3n) is 3.64. The van der Waals surface area contributed by atoms with E-state index in [1.807, 2.05) is 0 Å². The molecule has 0 aliphatic carbocycles. The van der Waals surface area contributed by atoms with Crippen LogP contribution in [0.4, 0.5) is 0 Å². The molecular weight excluding hydrogens is 212 g/mol. The minimum Gasteiger partial charge on any atom is -0.375 e. The van der Waals surface area contributed by atoms with Crippen molar-refractivity contribution in [2.24, 2.45) is 0 Å². The smallest absolute Gasteiger partial charge is 0.135 e. The molecule has 2 radical (unpaired) electrons. The molecule has 1 fully saturated rings. The second-order valence-electron chi connectivity index (χ2n) is 4.92. The molecule has 17 heavy (non-hydrogen) atoms. The van der Waals surface area contributed by atoms with Crippen LogP contribution in [0.25, 0.3) is 0 Å². The van der Waals surface area contributed by atoms with Crippen molar-refractivity contribution < 1.29 is 9.47 Å². The highest BCUT2D eigenvalue weighted by Gasteiger charge is 2.24. The van der Waals surface area contributed by atoms with E-state index >= 15 is 0 Å². The van der Waals surface area contributed by atoms with Crippen molar-refractivity contribution in [1.82, 2.24) is 0 Å². The van der Waals surface area contributed by atoms with Crippen LogP contribution in [0.2, 0.25) is 0 Å². The minimum atomic E-state index is 0.319. The van der Waals surface area contributed by atoms with Gasteiger partial charge in [-0.05, 0) is 36.8 Å². The van der Waals surface area contributed by atoms with Crippen LogP contribution < -0.4 is 0 Å². The molecule has 3 rings (SSSR count). The number of fused-ring (bicyclic) bond motifs is 3. The zero-order valence-electron chi connectivity index (χ0n) is 10.0. The Labute approximate surface area is 103 Å². The highest BCUT2D eigenvalue weighted by molar-refractivity contribution is 5.27. The normalized spacial score (nSPS) is 29.4. The fourth-order valence-corrected chi connectivity index (χ4v) is 2.71. The van der Waals surface area contributed by atoms with Gasteiger partial charge in [0.05, 0.1) is 18.8 Å². The molecule has 0 N–H and O–H groups in total. The molecule has 2 aliphatic heterocycles. The van der Waals surface area contributed by atoms with E-state index in [4.69, 9.17) is 9.47 Å². The van der Waals surface area contributed by atoms with Gasteiger partial charge in [0.15, 0.2) is 0 Å². The van der Waals surface area contributed by atoms with E-state index in [-0.39, 0.29) is 0 Å². The van der Waals surface area contributed by atoms with Crippen LogP contribution in [-0.4, -0.2) is 12.2 Å². The Kier molecular flexibility index (Phi) is 3.44. The van der Waals surface area contributed by atoms with Crippen LogP contribution in [0.15, 0.2) is 24.3 Å². The molecule has 2 aliphatic rings. The maximum Gasteiger partial charge on any atom is 0.135 e. The third kappa shape index (κ3) is 2.70. The van der Waals surface area contributed by atoms with Crippen molar-refractivity contribution in [2.75, 3.05) is 0 Å². The first kappa shape index (κ1) is 11.2. The maximum absolute atomic E-state index is 6.08. The first-order valence-electron chi connectivity index (χ1n) is 6.49. The fraction of sp³-hybridized carbons (Fsp3) is 0.533. The average Bonchev–Trinajstić information content (AvgIpc) is 2.36. The van der Waals surface area contributed by atoms with Crippen LogP contribution in [0, 0.1) is 6.61 Å². The van der Waals surface area contributed by atoms with Gasteiger partial charge in [0.1, 0.15) is 6.61 Å². The van der Waals surface area contributed by atoms with E-state index in [0.29, 0.717) is 18.8 Å². The van der Waals surface area contributed by atoms with Crippen molar-refractivity contribution in [3.05, 3.63) is 42.0 Å². The van der Waals surface area contributed by atoms with Crippen LogP contribution in [0.1, 0.15) is 36.8 Å². The second kappa shape index (κ2) is 5.19. The van der Waals surface area contributed by atoms with Gasteiger partial charge in [0.25, 0.3) is 0 Å². The average molecular weight is 230 g/mol. The van der Waals surface area contributed by atoms with E-state index < -0.39 is 0 Å². The summed E-state index contributed by atoms with van der Waals surface area (Å²) in [6.45, 7) is 3.67. The molecule has 1 saturated heterocycles. The van der Waals surface area contributed by atoms with E-state index in [1.54, 1.807) is 0 Å². The molecule has 0 amide bonds. The zero-order valence-corrected chi connectivity index (χ0v) is 10.0. The largest absolute Gasteiger partial charge is 0.375 e. The molecule has 90 valence electrons. The van der Waals surface area contributed by atoms with Crippen LogP contribution in [0.5, 0.6) is 0 Å². The Morgan fingerprint density at radius 3 is 2.82 bits per heavy atom. The topological polar surface area (TPSA) is 18.5 Å². The lowest BCUT2D eigenvalue weighted by Gasteiger charge is -2.31. The lowest BCUT2D eigenvalue weighted by Crippen LogP contribution is -2.30. The van der Waals surface area contributed by atoms with E-state index in [9.17, 15) is 0 Å². The number of ether oxygens (including phenoxy) is 2. The van der Waals surface area contributed by atoms with Gasteiger partial charge in [0.2, 0.25) is 0 Å². The van der Waals surface area contributed by atoms with Crippen molar-refractivity contribution in [3.8, 4) is 0 Å². The Bertz CT molecular complexity index is 375. The SMILES string of the molecule is [C]1CC2CCCC(Cc3ccccc3CO1)O2. The number of benzene rings is 1. The summed E-state index contributed by atoms with van der Waals surface area (Å²) in [5.41, 5.74) is 2.63. The highest BCUT2D eigenvalue weighted by Crippen LogP contribution is 2.27. The lowest BCUT2D eigenvalue weighted by molar-refractivity contribution is -0.0570. The Hall–Kier alpha value is -0.860. The fourth-order valence-electron chi connectivity index (χ4n) is 2.71. The lowest BCUT2D eigenvalue weighted by atomic mass is 9.95. The van der Waals surface area contributed by atoms with Gasteiger partial charge in [-0.2, -0.15) is 0 Å². The molecule has 2 unspecified atom stereocenters. The zero-order chi connectivity index (χ0) is 11.5. The van der Waals surface area contributed by atoms with Crippen LogP contribution in [0.3, 0.4) is 0 Å². The van der Waals surface area contributed by atoms with Gasteiger partial charge in [0, 0.05) is 6.42 Å². The summed E-state index contributed by atoms with van der Waals surface area (Å²) in [7, 11) is 0. The summed E-state index contributed by atoms with van der Waals surface area (Å²) >= 11 is 0. The van der Waals surface area contributed by atoms with Gasteiger partial charge in [-0.25, -0.2) is 0 Å². The van der Waals surface area contributed by atoms with Crippen molar-refractivity contribution in [2.45, 2.75) is 50.9 Å². The Morgan fingerprint density at radius 2 is 1.88 bits per heavy atom. The quantitative estimate of drug-likeness (QED) is 0.681. The van der Waals surface area contributed by atoms with E-state index in [2.05, 4.69) is 30.9 Å². The summed E-state index contributed by atoms with van der Waals surface area (Å²) in [4.78, 5) is 0. The number of hydrogen-bond acceptors (Lipinski definition) is 2. The molecule has 2 atom stereocenters. The predicted molar refractivity (Wildman–Crippen MR) is 65.3 cm³/mol. The molecule has 0 spiro atoms. The standard InChI is InChI=1S/C15H18O2/c1-2-5-13-11-16-9-8-14-6-3-7-15(17-14)10-12(13)4-1/h1-2,4-5,14-15H,3,6-8,10-11H2. The van der Waals surface area contributed by atoms with Gasteiger partial charge in [-0.1, -0.05) is 24.3 Å². The van der Waals surface area contributed by atoms with Gasteiger partial charge < -0.3 is 9.47 Å². The molecular formula is C15H18O2. The van der Waals surface area contributed by atoms with Crippen LogP contribution in [-0.2, 0) is 22.5 Å². The predicted octanol–water partition coefficient (Wildman–Crippen LogP) is 3.13. The van der Waals surface area contributed by atoms with Gasteiger partial charge >= 0.3 is 0 Å². The Balaban J connectivity index is 1.82. The molecule has 2 bridgehead atoms. The minimum absolute atomic E-state index is 0.319. The van der Waals surface area contributed by atoms with E-state index in [1.165, 1.54) is 24.0 Å². The molecule has 2 heterocycles. The molecule has 1 aromatic carbocycles. The molecule has 1 aromatic rings. The molecule has 2 nitrogen and oxygen atoms in total. The second-order valence-corrected chi connectivity index (χ2v) is 4.92. The number of hydrogen-bond donors (Lipinski definition) is 0. The summed E-state index contributed by atoms with van der Waals surface area (Å²) in [6, 6.07) is 8.49. The summed E-state index contributed by atoms with van der Waals surface area (Å²) < 4.78 is 11.6. The molecule has 0 saturated carbocycles. The number of rotatable bonds is 0. The monoisotopic (exact) mass is 230 g/mol. The maximum atomic E-state index is 6.08. The van der Waals surface area contributed by atoms with Gasteiger partial charge in [-0.15, -0.1) is 0 Å². The summed E-state index contributed by atoms with van der Waals surface area (Å²) in [5.74, 6) is 0. The van der Waals surface area contributed by atoms with Gasteiger partial charge in [-0.3, -0.25) is 0 Å². The van der Waals surface area contributed by atoms with Crippen molar-refractivity contribution in [3.63, 3.8) is 0 Å².